The van der Waals surface area contributed by atoms with Crippen molar-refractivity contribution >= 4 is 38.1 Å². The van der Waals surface area contributed by atoms with E-state index in [2.05, 4.69) is 20.3 Å². The fraction of sp³-hybridized carbons (Fsp3) is 0.143. The summed E-state index contributed by atoms with van der Waals surface area (Å²) in [6, 6.07) is 29.7. The molecule has 9 heteroatoms. The summed E-state index contributed by atoms with van der Waals surface area (Å²) in [5.41, 5.74) is 5.88. The van der Waals surface area contributed by atoms with Crippen molar-refractivity contribution < 1.29 is 13.4 Å². The highest BCUT2D eigenvalue weighted by Gasteiger charge is 2.37. The van der Waals surface area contributed by atoms with Gasteiger partial charge in [-0.3, -0.25) is 20.3 Å². The maximum Gasteiger partial charge on any atom is 0.399 e. The minimum Gasteiger partial charge on any atom is -0.298 e. The number of hydrogen-bond acceptors (Lipinski definition) is 3. The monoisotopic (exact) mass is 534 g/mol. The number of benzene rings is 4. The lowest BCUT2D eigenvalue weighted by atomic mass is 10.2. The number of nitrogens with one attached hydrogen (secondary N) is 4. The lowest BCUT2D eigenvalue weighted by molar-refractivity contribution is 0.471. The van der Waals surface area contributed by atoms with Crippen molar-refractivity contribution in [1.29, 1.82) is 0 Å². The average Bonchev–Trinajstić information content (AvgIpc) is 2.85. The molecule has 0 saturated heterocycles. The summed E-state index contributed by atoms with van der Waals surface area (Å²) in [4.78, 5) is 0. The van der Waals surface area contributed by atoms with Crippen LogP contribution in [-0.2, 0) is 13.4 Å². The molecular weight excluding hydrogens is 502 g/mol. The summed E-state index contributed by atoms with van der Waals surface area (Å²) in [6.45, 7) is 7.60. The quantitative estimate of drug-likeness (QED) is 0.151. The normalized spacial score (nSPS) is 11.6. The molecule has 0 aromatic heterocycles. The third kappa shape index (κ3) is 6.84. The van der Waals surface area contributed by atoms with Gasteiger partial charge in [0, 0.05) is 22.7 Å². The Morgan fingerprint density at radius 2 is 0.649 bits per heavy atom. The average molecular weight is 535 g/mol. The van der Waals surface area contributed by atoms with Crippen LogP contribution in [0.4, 0.5) is 22.7 Å². The predicted octanol–water partition coefficient (Wildman–Crippen LogP) is 8.90. The number of anilines is 4. The molecular formula is C28H32N4O3P2. The highest BCUT2D eigenvalue weighted by Crippen LogP contribution is 2.62. The molecule has 0 spiro atoms. The maximum absolute atomic E-state index is 14.5. The van der Waals surface area contributed by atoms with E-state index in [-0.39, 0.29) is 0 Å². The zero-order valence-electron chi connectivity index (χ0n) is 21.4. The molecule has 0 bridgehead atoms. The summed E-state index contributed by atoms with van der Waals surface area (Å²) in [5.74, 6) is 0. The summed E-state index contributed by atoms with van der Waals surface area (Å²) in [5, 5.41) is 12.1. The number of rotatable bonds is 10. The molecule has 0 aliphatic carbocycles. The van der Waals surface area contributed by atoms with Crippen molar-refractivity contribution in [2.24, 2.45) is 0 Å². The van der Waals surface area contributed by atoms with Crippen molar-refractivity contribution in [3.63, 3.8) is 0 Å². The van der Waals surface area contributed by atoms with Gasteiger partial charge in [-0.25, -0.2) is 13.4 Å². The molecule has 37 heavy (non-hydrogen) atoms. The highest BCUT2D eigenvalue weighted by molar-refractivity contribution is 7.75. The first kappa shape index (κ1) is 26.6. The fourth-order valence-corrected chi connectivity index (χ4v) is 8.06. The van der Waals surface area contributed by atoms with E-state index in [0.29, 0.717) is 22.7 Å². The Morgan fingerprint density at radius 1 is 0.432 bits per heavy atom. The Balaban J connectivity index is 1.78. The standard InChI is InChI=1S/C28H32N4O3P2/c1-21-13-5-9-17-25(21)29-36(33,30-26-18-10-6-14-22(26)2)35-37(34,31-27-19-11-7-15-23(27)3)32-28-20-12-8-16-24(28)4/h5-20H,1-4H3,(H2,29,30,33)(H2,31,32,34). The van der Waals surface area contributed by atoms with Gasteiger partial charge in [0.2, 0.25) is 0 Å². The van der Waals surface area contributed by atoms with Gasteiger partial charge in [0.1, 0.15) is 0 Å². The molecule has 4 rings (SSSR count). The molecule has 192 valence electrons. The smallest absolute Gasteiger partial charge is 0.298 e. The van der Waals surface area contributed by atoms with Crippen molar-refractivity contribution in [2.45, 2.75) is 27.7 Å². The van der Waals surface area contributed by atoms with Gasteiger partial charge < -0.3 is 0 Å². The molecule has 0 unspecified atom stereocenters. The first-order chi connectivity index (χ1) is 17.7. The Kier molecular flexibility index (Phi) is 8.09. The second-order valence-electron chi connectivity index (χ2n) is 8.89. The van der Waals surface area contributed by atoms with Crippen LogP contribution in [0.1, 0.15) is 22.3 Å². The molecule has 0 amide bonds. The molecule has 0 heterocycles. The Labute approximate surface area is 218 Å². The fourth-order valence-electron chi connectivity index (χ4n) is 3.73. The van der Waals surface area contributed by atoms with E-state index in [9.17, 15) is 9.13 Å². The van der Waals surface area contributed by atoms with E-state index in [1.54, 1.807) is 24.3 Å². The van der Waals surface area contributed by atoms with Crippen molar-refractivity contribution in [3.8, 4) is 0 Å². The third-order valence-electron chi connectivity index (χ3n) is 5.88. The zero-order chi connectivity index (χ0) is 26.5. The third-order valence-corrected chi connectivity index (χ3v) is 9.86. The van der Waals surface area contributed by atoms with Crippen LogP contribution in [0.2, 0.25) is 0 Å². The van der Waals surface area contributed by atoms with E-state index in [4.69, 9.17) is 4.31 Å². The number of hydrogen-bond donors (Lipinski definition) is 4. The second-order valence-corrected chi connectivity index (χ2v) is 12.6. The zero-order valence-corrected chi connectivity index (χ0v) is 23.1. The van der Waals surface area contributed by atoms with Crippen LogP contribution in [0.5, 0.6) is 0 Å². The topological polar surface area (TPSA) is 91.5 Å². The highest BCUT2D eigenvalue weighted by atomic mass is 31.3. The molecule has 0 atom stereocenters. The van der Waals surface area contributed by atoms with Crippen LogP contribution in [0.3, 0.4) is 0 Å². The van der Waals surface area contributed by atoms with E-state index in [0.717, 1.165) is 22.3 Å². The Hall–Kier alpha value is -3.50. The van der Waals surface area contributed by atoms with Crippen LogP contribution in [0.25, 0.3) is 0 Å². The number of para-hydroxylation sites is 4. The molecule has 4 aromatic carbocycles. The molecule has 4 aromatic rings. The van der Waals surface area contributed by atoms with E-state index in [1.165, 1.54) is 0 Å². The van der Waals surface area contributed by atoms with E-state index in [1.807, 2.05) is 100 Å². The largest absolute Gasteiger partial charge is 0.399 e. The van der Waals surface area contributed by atoms with Gasteiger partial charge >= 0.3 is 15.3 Å². The molecule has 0 fully saturated rings. The Bertz CT molecular complexity index is 1280. The van der Waals surface area contributed by atoms with Crippen molar-refractivity contribution in [2.75, 3.05) is 20.3 Å². The van der Waals surface area contributed by atoms with Crippen molar-refractivity contribution in [1.82, 2.24) is 0 Å². The summed E-state index contributed by atoms with van der Waals surface area (Å²) < 4.78 is 35.2. The summed E-state index contributed by atoms with van der Waals surface area (Å²) >= 11 is 0. The van der Waals surface area contributed by atoms with Crippen LogP contribution in [0.15, 0.2) is 97.1 Å². The van der Waals surface area contributed by atoms with Gasteiger partial charge in [-0.2, -0.15) is 0 Å². The van der Waals surface area contributed by atoms with Crippen LogP contribution in [0, 0.1) is 27.7 Å². The first-order valence-electron chi connectivity index (χ1n) is 11.9. The predicted molar refractivity (Wildman–Crippen MR) is 156 cm³/mol. The lowest BCUT2D eigenvalue weighted by Gasteiger charge is -2.29. The van der Waals surface area contributed by atoms with Gasteiger partial charge in [0.05, 0.1) is 0 Å². The van der Waals surface area contributed by atoms with Crippen molar-refractivity contribution in [3.05, 3.63) is 119 Å². The summed E-state index contributed by atoms with van der Waals surface area (Å²) in [6.07, 6.45) is 0. The lowest BCUT2D eigenvalue weighted by Crippen LogP contribution is -2.16. The van der Waals surface area contributed by atoms with E-state index < -0.39 is 15.3 Å². The van der Waals surface area contributed by atoms with Crippen LogP contribution >= 0.6 is 15.3 Å². The second kappa shape index (κ2) is 11.3. The molecule has 7 nitrogen and oxygen atoms in total. The molecule has 0 radical (unpaired) electrons. The first-order valence-corrected chi connectivity index (χ1v) is 15.2. The van der Waals surface area contributed by atoms with Gasteiger partial charge in [-0.05, 0) is 74.2 Å². The summed E-state index contributed by atoms with van der Waals surface area (Å²) in [7, 11) is -8.06. The van der Waals surface area contributed by atoms with Crippen LogP contribution in [-0.4, -0.2) is 0 Å². The van der Waals surface area contributed by atoms with Gasteiger partial charge in [-0.15, -0.1) is 0 Å². The van der Waals surface area contributed by atoms with Gasteiger partial charge in [0.15, 0.2) is 0 Å². The van der Waals surface area contributed by atoms with E-state index >= 15 is 0 Å². The molecule has 0 saturated carbocycles. The molecule has 0 aliphatic heterocycles. The Morgan fingerprint density at radius 3 is 0.865 bits per heavy atom. The number of aryl methyl sites for hydroxylation is 4. The molecule has 4 N–H and O–H groups in total. The van der Waals surface area contributed by atoms with Gasteiger partial charge in [0.25, 0.3) is 0 Å². The molecule has 0 aliphatic rings. The SMILES string of the molecule is Cc1ccccc1NP(=O)(Nc1ccccc1C)OP(=O)(Nc1ccccc1C)Nc1ccccc1C. The minimum absolute atomic E-state index is 0.602. The maximum atomic E-state index is 14.5. The van der Waals surface area contributed by atoms with Gasteiger partial charge in [-0.1, -0.05) is 72.8 Å². The minimum atomic E-state index is -4.03. The van der Waals surface area contributed by atoms with Crippen LogP contribution < -0.4 is 20.3 Å².